The van der Waals surface area contributed by atoms with E-state index in [1.54, 1.807) is 20.2 Å². The molecule has 0 radical (unpaired) electrons. The first-order valence-electron chi connectivity index (χ1n) is 5.72. The number of nitriles is 1. The van der Waals surface area contributed by atoms with Gasteiger partial charge in [-0.25, -0.2) is 0 Å². The molecule has 0 bridgehead atoms. The maximum Gasteiger partial charge on any atom is 0.148 e. The van der Waals surface area contributed by atoms with Gasteiger partial charge >= 0.3 is 0 Å². The van der Waals surface area contributed by atoms with Gasteiger partial charge in [-0.3, -0.25) is 5.41 Å². The van der Waals surface area contributed by atoms with Crippen LogP contribution in [0.1, 0.15) is 5.69 Å². The van der Waals surface area contributed by atoms with Crippen molar-refractivity contribution in [3.05, 3.63) is 35.5 Å². The van der Waals surface area contributed by atoms with E-state index in [0.29, 0.717) is 11.1 Å². The molecule has 3 N–H and O–H groups in total. The summed E-state index contributed by atoms with van der Waals surface area (Å²) in [4.78, 5) is 4.57. The standard InChI is InChI=1S/C14H14N4O/c1-18(2)14(16)9(8-15)7-12-13(19)10-5-3-4-6-11(10)17-12/h3-7,16-17,19H,1-2H3/b9-7-,16-14?. The molecule has 1 aromatic heterocycles. The van der Waals surface area contributed by atoms with Gasteiger partial charge in [0.2, 0.25) is 0 Å². The van der Waals surface area contributed by atoms with Crippen LogP contribution in [0.3, 0.4) is 0 Å². The van der Waals surface area contributed by atoms with Crippen LogP contribution in [-0.4, -0.2) is 34.9 Å². The van der Waals surface area contributed by atoms with Gasteiger partial charge in [0, 0.05) is 25.0 Å². The fourth-order valence-electron chi connectivity index (χ4n) is 1.79. The molecule has 1 aromatic carbocycles. The van der Waals surface area contributed by atoms with E-state index in [4.69, 9.17) is 10.7 Å². The predicted molar refractivity (Wildman–Crippen MR) is 75.0 cm³/mol. The summed E-state index contributed by atoms with van der Waals surface area (Å²) in [6, 6.07) is 9.29. The zero-order chi connectivity index (χ0) is 14.0. The Bertz CT molecular complexity index is 704. The van der Waals surface area contributed by atoms with Gasteiger partial charge < -0.3 is 15.0 Å². The predicted octanol–water partition coefficient (Wildman–Crippen LogP) is 2.32. The number of fused-ring (bicyclic) bond motifs is 1. The number of hydrogen-bond acceptors (Lipinski definition) is 3. The smallest absolute Gasteiger partial charge is 0.148 e. The number of likely N-dealkylation sites (N-methyl/N-ethyl adjacent to an activating group) is 1. The van der Waals surface area contributed by atoms with Crippen LogP contribution in [0.15, 0.2) is 29.8 Å². The lowest BCUT2D eigenvalue weighted by molar-refractivity contribution is 0.480. The van der Waals surface area contributed by atoms with Crippen LogP contribution in [-0.2, 0) is 0 Å². The van der Waals surface area contributed by atoms with E-state index in [1.807, 2.05) is 24.3 Å². The highest BCUT2D eigenvalue weighted by Gasteiger charge is 2.12. The summed E-state index contributed by atoms with van der Waals surface area (Å²) in [5.41, 5.74) is 1.41. The Morgan fingerprint density at radius 2 is 2.11 bits per heavy atom. The van der Waals surface area contributed by atoms with Gasteiger partial charge in [-0.1, -0.05) is 12.1 Å². The van der Waals surface area contributed by atoms with Crippen molar-refractivity contribution in [1.82, 2.24) is 9.88 Å². The van der Waals surface area contributed by atoms with Crippen molar-refractivity contribution in [1.29, 1.82) is 10.7 Å². The van der Waals surface area contributed by atoms with E-state index in [-0.39, 0.29) is 17.2 Å². The van der Waals surface area contributed by atoms with E-state index < -0.39 is 0 Å². The number of nitrogens with one attached hydrogen (secondary N) is 2. The minimum Gasteiger partial charge on any atom is -0.505 e. The minimum absolute atomic E-state index is 0.0925. The van der Waals surface area contributed by atoms with Crippen molar-refractivity contribution in [3.63, 3.8) is 0 Å². The van der Waals surface area contributed by atoms with Gasteiger partial charge in [0.15, 0.2) is 0 Å². The van der Waals surface area contributed by atoms with E-state index in [1.165, 1.54) is 11.0 Å². The minimum atomic E-state index is 0.0925. The molecule has 0 aliphatic carbocycles. The van der Waals surface area contributed by atoms with E-state index in [9.17, 15) is 5.11 Å². The second-order valence-corrected chi connectivity index (χ2v) is 4.35. The molecule has 96 valence electrons. The monoisotopic (exact) mass is 254 g/mol. The van der Waals surface area contributed by atoms with Crippen molar-refractivity contribution >= 4 is 22.8 Å². The molecule has 0 aliphatic heterocycles. The zero-order valence-corrected chi connectivity index (χ0v) is 10.7. The molecule has 0 aliphatic rings. The van der Waals surface area contributed by atoms with Crippen molar-refractivity contribution < 1.29 is 5.11 Å². The molecule has 0 amide bonds. The van der Waals surface area contributed by atoms with Crippen molar-refractivity contribution in [2.24, 2.45) is 0 Å². The second kappa shape index (κ2) is 4.86. The number of para-hydroxylation sites is 1. The van der Waals surface area contributed by atoms with Gasteiger partial charge in [0.05, 0.1) is 11.3 Å². The van der Waals surface area contributed by atoms with E-state index in [0.717, 1.165) is 5.52 Å². The van der Waals surface area contributed by atoms with Crippen LogP contribution in [0.5, 0.6) is 5.75 Å². The van der Waals surface area contributed by atoms with E-state index >= 15 is 0 Å². The molecule has 5 heteroatoms. The number of nitrogens with zero attached hydrogens (tertiary/aromatic N) is 2. The first-order valence-corrected chi connectivity index (χ1v) is 5.72. The average molecular weight is 254 g/mol. The fraction of sp³-hybridized carbons (Fsp3) is 0.143. The highest BCUT2D eigenvalue weighted by Crippen LogP contribution is 2.30. The molecule has 0 atom stereocenters. The van der Waals surface area contributed by atoms with Crippen LogP contribution >= 0.6 is 0 Å². The number of aromatic amines is 1. The van der Waals surface area contributed by atoms with Gasteiger partial charge in [0.1, 0.15) is 17.7 Å². The zero-order valence-electron chi connectivity index (χ0n) is 10.7. The Kier molecular flexibility index (Phi) is 3.25. The number of aromatic nitrogens is 1. The largest absolute Gasteiger partial charge is 0.505 e. The van der Waals surface area contributed by atoms with Gasteiger partial charge in [0.25, 0.3) is 0 Å². The summed E-state index contributed by atoms with van der Waals surface area (Å²) in [7, 11) is 3.39. The van der Waals surface area contributed by atoms with Crippen LogP contribution < -0.4 is 0 Å². The molecular formula is C14H14N4O. The third kappa shape index (κ3) is 2.29. The van der Waals surface area contributed by atoms with Crippen molar-refractivity contribution in [3.8, 4) is 11.8 Å². The lowest BCUT2D eigenvalue weighted by Gasteiger charge is -2.11. The Balaban J connectivity index is 2.53. The molecule has 19 heavy (non-hydrogen) atoms. The highest BCUT2D eigenvalue weighted by atomic mass is 16.3. The molecule has 0 fully saturated rings. The van der Waals surface area contributed by atoms with Crippen LogP contribution in [0, 0.1) is 16.7 Å². The first kappa shape index (κ1) is 12.7. The Morgan fingerprint density at radius 1 is 1.42 bits per heavy atom. The SMILES string of the molecule is CN(C)C(=N)/C(C#N)=C\c1[nH]c2ccccc2c1O. The topological polar surface area (TPSA) is 86.9 Å². The number of rotatable bonds is 2. The normalized spacial score (nSPS) is 11.3. The molecule has 0 saturated heterocycles. The van der Waals surface area contributed by atoms with Crippen LogP contribution in [0.25, 0.3) is 17.0 Å². The molecule has 1 heterocycles. The molecule has 0 saturated carbocycles. The van der Waals surface area contributed by atoms with Crippen molar-refractivity contribution in [2.75, 3.05) is 14.1 Å². The molecule has 0 spiro atoms. The highest BCUT2D eigenvalue weighted by molar-refractivity contribution is 6.04. The van der Waals surface area contributed by atoms with Crippen LogP contribution in [0.2, 0.25) is 0 Å². The maximum atomic E-state index is 10.1. The van der Waals surface area contributed by atoms with Crippen LogP contribution in [0.4, 0.5) is 0 Å². The molecule has 5 nitrogen and oxygen atoms in total. The van der Waals surface area contributed by atoms with Gasteiger partial charge in [-0.2, -0.15) is 5.26 Å². The lowest BCUT2D eigenvalue weighted by Crippen LogP contribution is -2.22. The molecule has 2 aromatic rings. The number of benzene rings is 1. The lowest BCUT2D eigenvalue weighted by atomic mass is 10.2. The number of H-pyrrole nitrogens is 1. The summed E-state index contributed by atoms with van der Waals surface area (Å²) < 4.78 is 0. The Labute approximate surface area is 110 Å². The third-order valence-corrected chi connectivity index (χ3v) is 2.82. The maximum absolute atomic E-state index is 10.1. The van der Waals surface area contributed by atoms with E-state index in [2.05, 4.69) is 4.98 Å². The third-order valence-electron chi connectivity index (χ3n) is 2.82. The number of amidine groups is 1. The average Bonchev–Trinajstić information content (AvgIpc) is 2.72. The molecular weight excluding hydrogens is 240 g/mol. The van der Waals surface area contributed by atoms with Gasteiger partial charge in [-0.15, -0.1) is 0 Å². The summed E-state index contributed by atoms with van der Waals surface area (Å²) in [6.07, 6.45) is 1.48. The summed E-state index contributed by atoms with van der Waals surface area (Å²) in [5.74, 6) is 0.190. The fourth-order valence-corrected chi connectivity index (χ4v) is 1.79. The molecule has 2 rings (SSSR count). The van der Waals surface area contributed by atoms with Gasteiger partial charge in [-0.05, 0) is 18.2 Å². The Hall–Kier alpha value is -2.74. The quantitative estimate of drug-likeness (QED) is 0.436. The number of hydrogen-bond donors (Lipinski definition) is 3. The first-order chi connectivity index (χ1) is 9.04. The van der Waals surface area contributed by atoms with Crippen molar-refractivity contribution in [2.45, 2.75) is 0 Å². The summed E-state index contributed by atoms with van der Waals surface area (Å²) >= 11 is 0. The summed E-state index contributed by atoms with van der Waals surface area (Å²) in [5, 5.41) is 27.7. The number of aromatic hydroxyl groups is 1. The molecule has 0 unspecified atom stereocenters. The Morgan fingerprint density at radius 3 is 2.68 bits per heavy atom. The summed E-state index contributed by atoms with van der Waals surface area (Å²) in [6.45, 7) is 0. The second-order valence-electron chi connectivity index (χ2n) is 4.35.